The highest BCUT2D eigenvalue weighted by atomic mass is 79.9. The van der Waals surface area contributed by atoms with E-state index in [9.17, 15) is 0 Å². The molecule has 0 bridgehead atoms. The molecule has 2 nitrogen and oxygen atoms in total. The minimum atomic E-state index is 0.344. The second-order valence-electron chi connectivity index (χ2n) is 5.72. The van der Waals surface area contributed by atoms with Crippen molar-refractivity contribution < 1.29 is 0 Å². The molecule has 1 aliphatic carbocycles. The molecular formula is C14H19BrN2S2. The minimum absolute atomic E-state index is 0.344. The number of nitrogens with one attached hydrogen (secondary N) is 1. The van der Waals surface area contributed by atoms with E-state index in [1.165, 1.54) is 40.1 Å². The standard InChI is InChI=1S/C14H19BrN2S2/c1-10-3-2-6-14(7-10)9-18-13(17-14)16-8-11-4-5-12(15)19-11/h4-5,10H,2-3,6-9H2,1H3,(H,16,17). The highest BCUT2D eigenvalue weighted by molar-refractivity contribution is 9.11. The third-order valence-corrected chi connectivity index (χ3v) is 6.77. The SMILES string of the molecule is CC1CCCC2(CSC(=NCc3ccc(Br)s3)N2)C1. The summed E-state index contributed by atoms with van der Waals surface area (Å²) in [6.45, 7) is 3.18. The van der Waals surface area contributed by atoms with Gasteiger partial charge in [-0.1, -0.05) is 31.5 Å². The van der Waals surface area contributed by atoms with Crippen LogP contribution in [0.1, 0.15) is 37.5 Å². The molecule has 1 N–H and O–H groups in total. The monoisotopic (exact) mass is 358 g/mol. The largest absolute Gasteiger partial charge is 0.359 e. The molecule has 1 aromatic rings. The van der Waals surface area contributed by atoms with Gasteiger partial charge in [-0.2, -0.15) is 0 Å². The van der Waals surface area contributed by atoms with Crippen LogP contribution >= 0.6 is 39.0 Å². The Morgan fingerprint density at radius 2 is 2.42 bits per heavy atom. The third kappa shape index (κ3) is 3.37. The first-order chi connectivity index (χ1) is 9.15. The Morgan fingerprint density at radius 1 is 1.53 bits per heavy atom. The zero-order chi connectivity index (χ0) is 13.3. The molecule has 1 saturated heterocycles. The fraction of sp³-hybridized carbons (Fsp3) is 0.643. The summed E-state index contributed by atoms with van der Waals surface area (Å²) in [5.74, 6) is 2.05. The predicted octanol–water partition coefficient (Wildman–Crippen LogP) is 4.65. The van der Waals surface area contributed by atoms with Gasteiger partial charge in [0.2, 0.25) is 0 Å². The van der Waals surface area contributed by atoms with Gasteiger partial charge in [-0.05, 0) is 46.8 Å². The molecule has 1 spiro atoms. The molecule has 2 aliphatic rings. The number of hydrogen-bond acceptors (Lipinski definition) is 3. The molecule has 1 saturated carbocycles. The molecule has 2 atom stereocenters. The Bertz CT molecular complexity index is 486. The number of aliphatic imine (C=N–C) groups is 1. The van der Waals surface area contributed by atoms with Crippen LogP contribution in [-0.2, 0) is 6.54 Å². The summed E-state index contributed by atoms with van der Waals surface area (Å²) < 4.78 is 1.19. The third-order valence-electron chi connectivity index (χ3n) is 3.96. The second kappa shape index (κ2) is 5.78. The van der Waals surface area contributed by atoms with E-state index in [0.29, 0.717) is 5.54 Å². The fourth-order valence-electron chi connectivity index (χ4n) is 3.08. The van der Waals surface area contributed by atoms with E-state index < -0.39 is 0 Å². The van der Waals surface area contributed by atoms with Crippen LogP contribution in [0.4, 0.5) is 0 Å². The molecule has 2 unspecified atom stereocenters. The van der Waals surface area contributed by atoms with Crippen LogP contribution in [0.3, 0.4) is 0 Å². The summed E-state index contributed by atoms with van der Waals surface area (Å²) >= 11 is 7.18. The first-order valence-electron chi connectivity index (χ1n) is 6.85. The fourth-order valence-corrected chi connectivity index (χ4v) is 5.68. The normalized spacial score (nSPS) is 32.9. The van der Waals surface area contributed by atoms with Crippen LogP contribution in [0.25, 0.3) is 0 Å². The molecule has 1 aliphatic heterocycles. The van der Waals surface area contributed by atoms with Crippen LogP contribution in [0.2, 0.25) is 0 Å². The number of rotatable bonds is 2. The maximum absolute atomic E-state index is 4.74. The van der Waals surface area contributed by atoms with Crippen LogP contribution in [-0.4, -0.2) is 16.5 Å². The maximum Gasteiger partial charge on any atom is 0.157 e. The van der Waals surface area contributed by atoms with Crippen LogP contribution < -0.4 is 5.32 Å². The summed E-state index contributed by atoms with van der Waals surface area (Å²) in [5, 5.41) is 4.87. The topological polar surface area (TPSA) is 24.4 Å². The van der Waals surface area contributed by atoms with Crippen molar-refractivity contribution in [1.82, 2.24) is 5.32 Å². The van der Waals surface area contributed by atoms with Gasteiger partial charge in [0.15, 0.2) is 5.17 Å². The van der Waals surface area contributed by atoms with Gasteiger partial charge in [0, 0.05) is 16.2 Å². The number of halogens is 1. The Labute approximate surface area is 131 Å². The van der Waals surface area contributed by atoms with E-state index in [0.717, 1.165) is 17.6 Å². The lowest BCUT2D eigenvalue weighted by molar-refractivity contribution is 0.242. The van der Waals surface area contributed by atoms with Crippen molar-refractivity contribution in [3.8, 4) is 0 Å². The molecule has 0 radical (unpaired) electrons. The number of amidine groups is 1. The van der Waals surface area contributed by atoms with Gasteiger partial charge in [-0.15, -0.1) is 11.3 Å². The highest BCUT2D eigenvalue weighted by Crippen LogP contribution is 2.38. The smallest absolute Gasteiger partial charge is 0.157 e. The first kappa shape index (κ1) is 14.0. The van der Waals surface area contributed by atoms with Crippen molar-refractivity contribution in [1.29, 1.82) is 0 Å². The summed E-state index contributed by atoms with van der Waals surface area (Å²) in [7, 11) is 0. The van der Waals surface area contributed by atoms with Crippen molar-refractivity contribution >= 4 is 44.2 Å². The van der Waals surface area contributed by atoms with Crippen molar-refractivity contribution in [3.63, 3.8) is 0 Å². The Balaban J connectivity index is 1.62. The number of thioether (sulfide) groups is 1. The molecule has 2 fully saturated rings. The molecule has 0 aromatic carbocycles. The number of hydrogen-bond donors (Lipinski definition) is 1. The van der Waals surface area contributed by atoms with Crippen molar-refractivity contribution in [2.24, 2.45) is 10.9 Å². The number of nitrogens with zero attached hydrogens (tertiary/aromatic N) is 1. The van der Waals surface area contributed by atoms with E-state index in [1.807, 2.05) is 11.8 Å². The Hall–Kier alpha value is -0.0000000000000000278. The molecule has 19 heavy (non-hydrogen) atoms. The van der Waals surface area contributed by atoms with Crippen molar-refractivity contribution in [2.45, 2.75) is 44.7 Å². The molecular weight excluding hydrogens is 340 g/mol. The van der Waals surface area contributed by atoms with E-state index in [-0.39, 0.29) is 0 Å². The van der Waals surface area contributed by atoms with E-state index in [2.05, 4.69) is 40.3 Å². The summed E-state index contributed by atoms with van der Waals surface area (Å²) in [6.07, 6.45) is 5.38. The van der Waals surface area contributed by atoms with Gasteiger partial charge in [0.25, 0.3) is 0 Å². The summed E-state index contributed by atoms with van der Waals surface area (Å²) in [6, 6.07) is 4.25. The Kier molecular flexibility index (Phi) is 4.25. The lowest BCUT2D eigenvalue weighted by Crippen LogP contribution is -2.47. The van der Waals surface area contributed by atoms with E-state index in [4.69, 9.17) is 4.99 Å². The molecule has 3 rings (SSSR count). The second-order valence-corrected chi connectivity index (χ2v) is 9.23. The van der Waals surface area contributed by atoms with Crippen LogP contribution in [0, 0.1) is 5.92 Å². The molecule has 2 heterocycles. The Morgan fingerprint density at radius 3 is 3.16 bits per heavy atom. The minimum Gasteiger partial charge on any atom is -0.359 e. The molecule has 104 valence electrons. The lowest BCUT2D eigenvalue weighted by atomic mass is 9.78. The summed E-state index contributed by atoms with van der Waals surface area (Å²) in [5.41, 5.74) is 0.344. The molecule has 0 amide bonds. The molecule has 5 heteroatoms. The quantitative estimate of drug-likeness (QED) is 0.831. The predicted molar refractivity (Wildman–Crippen MR) is 89.1 cm³/mol. The zero-order valence-electron chi connectivity index (χ0n) is 11.1. The van der Waals surface area contributed by atoms with Gasteiger partial charge >= 0.3 is 0 Å². The highest BCUT2D eigenvalue weighted by Gasteiger charge is 2.40. The van der Waals surface area contributed by atoms with Crippen molar-refractivity contribution in [3.05, 3.63) is 20.8 Å². The van der Waals surface area contributed by atoms with Gasteiger partial charge in [-0.25, -0.2) is 0 Å². The molecule has 1 aromatic heterocycles. The van der Waals surface area contributed by atoms with E-state index in [1.54, 1.807) is 11.3 Å². The maximum atomic E-state index is 4.74. The van der Waals surface area contributed by atoms with Gasteiger partial charge in [0.1, 0.15) is 0 Å². The average molecular weight is 359 g/mol. The van der Waals surface area contributed by atoms with Gasteiger partial charge < -0.3 is 5.32 Å². The lowest BCUT2D eigenvalue weighted by Gasteiger charge is -2.36. The van der Waals surface area contributed by atoms with Crippen LogP contribution in [0.15, 0.2) is 20.9 Å². The van der Waals surface area contributed by atoms with Gasteiger partial charge in [0.05, 0.1) is 10.3 Å². The summed E-state index contributed by atoms with van der Waals surface area (Å²) in [4.78, 5) is 6.06. The van der Waals surface area contributed by atoms with Crippen molar-refractivity contribution in [2.75, 3.05) is 5.75 Å². The van der Waals surface area contributed by atoms with E-state index >= 15 is 0 Å². The first-order valence-corrected chi connectivity index (χ1v) is 9.44. The zero-order valence-corrected chi connectivity index (χ0v) is 14.3. The van der Waals surface area contributed by atoms with Gasteiger partial charge in [-0.3, -0.25) is 4.99 Å². The number of thiophene rings is 1. The van der Waals surface area contributed by atoms with Crippen LogP contribution in [0.5, 0.6) is 0 Å². The average Bonchev–Trinajstić information content (AvgIpc) is 2.94.